The Balaban J connectivity index is 2.10. The molecule has 0 aliphatic rings. The van der Waals surface area contributed by atoms with E-state index in [1.54, 1.807) is 13.0 Å². The molecule has 2 rings (SSSR count). The number of nitrogens with zero attached hydrogens (tertiary/aromatic N) is 2. The highest BCUT2D eigenvalue weighted by atomic mass is 19.4. The van der Waals surface area contributed by atoms with Crippen molar-refractivity contribution in [2.24, 2.45) is 0 Å². The van der Waals surface area contributed by atoms with E-state index in [-0.39, 0.29) is 0 Å². The molecule has 0 atom stereocenters. The Bertz CT molecular complexity index is 639. The summed E-state index contributed by atoms with van der Waals surface area (Å²) < 4.78 is 37.7. The van der Waals surface area contributed by atoms with E-state index in [2.05, 4.69) is 27.5 Å². The molecule has 2 N–H and O–H groups in total. The van der Waals surface area contributed by atoms with Crippen molar-refractivity contribution < 1.29 is 13.2 Å². The first-order chi connectivity index (χ1) is 10.9. The fourth-order valence-corrected chi connectivity index (χ4v) is 2.01. The molecule has 4 nitrogen and oxygen atoms in total. The van der Waals surface area contributed by atoms with Gasteiger partial charge in [0.2, 0.25) is 0 Å². The lowest BCUT2D eigenvalue weighted by molar-refractivity contribution is -0.137. The Labute approximate surface area is 133 Å². The highest BCUT2D eigenvalue weighted by molar-refractivity contribution is 5.59. The molecule has 0 aliphatic heterocycles. The van der Waals surface area contributed by atoms with Gasteiger partial charge in [-0.25, -0.2) is 9.97 Å². The number of rotatable bonds is 6. The van der Waals surface area contributed by atoms with Crippen LogP contribution in [0, 0.1) is 6.92 Å². The number of alkyl halides is 3. The number of aromatic nitrogens is 2. The van der Waals surface area contributed by atoms with Gasteiger partial charge in [-0.05, 0) is 37.6 Å². The number of anilines is 3. The zero-order valence-electron chi connectivity index (χ0n) is 13.0. The van der Waals surface area contributed by atoms with E-state index in [0.29, 0.717) is 23.1 Å². The van der Waals surface area contributed by atoms with Crippen molar-refractivity contribution in [3.63, 3.8) is 0 Å². The maximum Gasteiger partial charge on any atom is 0.416 e. The van der Waals surface area contributed by atoms with Crippen LogP contribution >= 0.6 is 0 Å². The minimum atomic E-state index is -4.33. The average Bonchev–Trinajstić information content (AvgIpc) is 2.46. The minimum absolute atomic E-state index is 0.538. The zero-order valence-corrected chi connectivity index (χ0v) is 13.0. The van der Waals surface area contributed by atoms with Crippen LogP contribution in [-0.4, -0.2) is 16.5 Å². The van der Waals surface area contributed by atoms with Crippen LogP contribution in [-0.2, 0) is 6.18 Å². The normalized spacial score (nSPS) is 11.3. The van der Waals surface area contributed by atoms with Crippen LogP contribution in [0.5, 0.6) is 0 Å². The van der Waals surface area contributed by atoms with Crippen molar-refractivity contribution in [3.05, 3.63) is 41.7 Å². The maximum absolute atomic E-state index is 12.6. The SMILES string of the molecule is CCCCNc1cc(Nc2ccc(C(F)(F)F)cc2)nc(C)n1. The number of halogens is 3. The third-order valence-electron chi connectivity index (χ3n) is 3.16. The van der Waals surface area contributed by atoms with Gasteiger partial charge in [0.15, 0.2) is 0 Å². The maximum atomic E-state index is 12.6. The molecule has 0 saturated heterocycles. The lowest BCUT2D eigenvalue weighted by Gasteiger charge is -2.11. The van der Waals surface area contributed by atoms with Crippen molar-refractivity contribution in [3.8, 4) is 0 Å². The van der Waals surface area contributed by atoms with Crippen molar-refractivity contribution >= 4 is 17.3 Å². The first-order valence-electron chi connectivity index (χ1n) is 7.42. The van der Waals surface area contributed by atoms with Crippen molar-refractivity contribution in [2.75, 3.05) is 17.2 Å². The van der Waals surface area contributed by atoms with E-state index in [4.69, 9.17) is 0 Å². The summed E-state index contributed by atoms with van der Waals surface area (Å²) in [5.41, 5.74) is -0.139. The molecule has 1 heterocycles. The lowest BCUT2D eigenvalue weighted by Crippen LogP contribution is -2.06. The Morgan fingerprint density at radius 1 is 1.04 bits per heavy atom. The summed E-state index contributed by atoms with van der Waals surface area (Å²) in [4.78, 5) is 8.53. The van der Waals surface area contributed by atoms with E-state index in [1.807, 2.05) is 0 Å². The third kappa shape index (κ3) is 5.12. The molecule has 0 unspecified atom stereocenters. The molecule has 124 valence electrons. The molecule has 1 aromatic heterocycles. The molecule has 0 saturated carbocycles. The number of hydrogen-bond donors (Lipinski definition) is 2. The minimum Gasteiger partial charge on any atom is -0.370 e. The van der Waals surface area contributed by atoms with Crippen LogP contribution in [0.4, 0.5) is 30.5 Å². The summed E-state index contributed by atoms with van der Waals surface area (Å²) in [5.74, 6) is 1.82. The number of nitrogens with one attached hydrogen (secondary N) is 2. The van der Waals surface area contributed by atoms with E-state index in [0.717, 1.165) is 31.5 Å². The van der Waals surface area contributed by atoms with Gasteiger partial charge in [0, 0.05) is 18.3 Å². The molecular weight excluding hydrogens is 305 g/mol. The van der Waals surface area contributed by atoms with Crippen LogP contribution in [0.1, 0.15) is 31.2 Å². The first kappa shape index (κ1) is 17.1. The van der Waals surface area contributed by atoms with Crippen molar-refractivity contribution in [2.45, 2.75) is 32.9 Å². The van der Waals surface area contributed by atoms with Gasteiger partial charge in [0.25, 0.3) is 0 Å². The Morgan fingerprint density at radius 3 is 2.30 bits per heavy atom. The predicted octanol–water partition coefficient (Wildman–Crippen LogP) is 4.76. The number of unbranched alkanes of at least 4 members (excludes halogenated alkanes) is 1. The lowest BCUT2D eigenvalue weighted by atomic mass is 10.2. The zero-order chi connectivity index (χ0) is 16.9. The summed E-state index contributed by atoms with van der Waals surface area (Å²) in [6.45, 7) is 4.68. The van der Waals surface area contributed by atoms with Gasteiger partial charge in [-0.1, -0.05) is 13.3 Å². The standard InChI is InChI=1S/C16H19F3N4/c1-3-4-9-20-14-10-15(22-11(2)21-14)23-13-7-5-12(6-8-13)16(17,18)19/h5-8,10H,3-4,9H2,1-2H3,(H2,20,21,22,23). The summed E-state index contributed by atoms with van der Waals surface area (Å²) in [7, 11) is 0. The summed E-state index contributed by atoms with van der Waals surface area (Å²) >= 11 is 0. The number of benzene rings is 1. The van der Waals surface area contributed by atoms with Gasteiger partial charge >= 0.3 is 6.18 Å². The third-order valence-corrected chi connectivity index (χ3v) is 3.16. The molecule has 0 radical (unpaired) electrons. The van der Waals surface area contributed by atoms with Gasteiger partial charge in [0.05, 0.1) is 5.56 Å². The molecular formula is C16H19F3N4. The van der Waals surface area contributed by atoms with E-state index in [1.165, 1.54) is 12.1 Å². The molecule has 0 aliphatic carbocycles. The van der Waals surface area contributed by atoms with Gasteiger partial charge in [0.1, 0.15) is 17.5 Å². The Morgan fingerprint density at radius 2 is 1.70 bits per heavy atom. The fraction of sp³-hybridized carbons (Fsp3) is 0.375. The van der Waals surface area contributed by atoms with E-state index < -0.39 is 11.7 Å². The molecule has 1 aromatic carbocycles. The van der Waals surface area contributed by atoms with Crippen LogP contribution in [0.2, 0.25) is 0 Å². The average molecular weight is 324 g/mol. The first-order valence-corrected chi connectivity index (χ1v) is 7.42. The molecule has 0 amide bonds. The number of aryl methyl sites for hydroxylation is 1. The largest absolute Gasteiger partial charge is 0.416 e. The monoisotopic (exact) mass is 324 g/mol. The second kappa shape index (κ2) is 7.30. The van der Waals surface area contributed by atoms with Gasteiger partial charge in [-0.3, -0.25) is 0 Å². The Hall–Kier alpha value is -2.31. The molecule has 0 spiro atoms. The molecule has 23 heavy (non-hydrogen) atoms. The molecule has 7 heteroatoms. The van der Waals surface area contributed by atoms with Crippen LogP contribution in [0.3, 0.4) is 0 Å². The predicted molar refractivity (Wildman–Crippen MR) is 84.9 cm³/mol. The van der Waals surface area contributed by atoms with Crippen molar-refractivity contribution in [1.82, 2.24) is 9.97 Å². The highest BCUT2D eigenvalue weighted by Crippen LogP contribution is 2.30. The van der Waals surface area contributed by atoms with E-state index in [9.17, 15) is 13.2 Å². The molecule has 0 fully saturated rings. The topological polar surface area (TPSA) is 49.8 Å². The quantitative estimate of drug-likeness (QED) is 0.752. The second-order valence-corrected chi connectivity index (χ2v) is 5.17. The highest BCUT2D eigenvalue weighted by Gasteiger charge is 2.29. The fourth-order valence-electron chi connectivity index (χ4n) is 2.01. The van der Waals surface area contributed by atoms with Crippen molar-refractivity contribution in [1.29, 1.82) is 0 Å². The van der Waals surface area contributed by atoms with E-state index >= 15 is 0 Å². The van der Waals surface area contributed by atoms with Gasteiger partial charge in [-0.15, -0.1) is 0 Å². The molecule has 2 aromatic rings. The number of hydrogen-bond acceptors (Lipinski definition) is 4. The van der Waals surface area contributed by atoms with Crippen LogP contribution < -0.4 is 10.6 Å². The smallest absolute Gasteiger partial charge is 0.370 e. The second-order valence-electron chi connectivity index (χ2n) is 5.17. The summed E-state index contributed by atoms with van der Waals surface area (Å²) in [5, 5.41) is 6.20. The van der Waals surface area contributed by atoms with Gasteiger partial charge in [-0.2, -0.15) is 13.2 Å². The molecule has 0 bridgehead atoms. The summed E-state index contributed by atoms with van der Waals surface area (Å²) in [6.07, 6.45) is -2.22. The van der Waals surface area contributed by atoms with Gasteiger partial charge < -0.3 is 10.6 Å². The van der Waals surface area contributed by atoms with Crippen LogP contribution in [0.25, 0.3) is 0 Å². The van der Waals surface area contributed by atoms with Crippen LogP contribution in [0.15, 0.2) is 30.3 Å². The summed E-state index contributed by atoms with van der Waals surface area (Å²) in [6, 6.07) is 6.57. The Kier molecular flexibility index (Phi) is 5.41.